The van der Waals surface area contributed by atoms with E-state index in [0.29, 0.717) is 12.8 Å². The van der Waals surface area contributed by atoms with Crippen molar-refractivity contribution < 1.29 is 14.7 Å². The fourth-order valence-corrected chi connectivity index (χ4v) is 1.73. The molecule has 0 bridgehead atoms. The second kappa shape index (κ2) is 6.54. The third-order valence-corrected chi connectivity index (χ3v) is 3.03. The number of carbonyl (C=O) groups is 2. The van der Waals surface area contributed by atoms with Crippen molar-refractivity contribution in [3.05, 3.63) is 17.5 Å². The summed E-state index contributed by atoms with van der Waals surface area (Å²) in [6, 6.07) is 0.751. The summed E-state index contributed by atoms with van der Waals surface area (Å²) in [6.07, 6.45) is 1.85. The van der Waals surface area contributed by atoms with Crippen LogP contribution in [-0.4, -0.2) is 33.2 Å². The Labute approximate surface area is 119 Å². The van der Waals surface area contributed by atoms with E-state index in [1.54, 1.807) is 6.07 Å². The van der Waals surface area contributed by atoms with Gasteiger partial charge < -0.3 is 10.4 Å². The van der Waals surface area contributed by atoms with Crippen molar-refractivity contribution in [2.45, 2.75) is 53.0 Å². The quantitative estimate of drug-likeness (QED) is 0.743. The highest BCUT2D eigenvalue weighted by molar-refractivity contribution is 5.95. The molecule has 1 rings (SSSR count). The topological polar surface area (TPSA) is 95.1 Å². The average Bonchev–Trinajstić information content (AvgIpc) is 2.81. The number of nitrogens with one attached hydrogen (secondary N) is 2. The first-order chi connectivity index (χ1) is 9.23. The molecular formula is C14H23N3O3. The molecule has 0 aliphatic heterocycles. The molecule has 0 radical (unpaired) electrons. The summed E-state index contributed by atoms with van der Waals surface area (Å²) in [5.41, 5.74) is 1.10. The Balaban J connectivity index is 2.65. The molecule has 0 saturated carbocycles. The van der Waals surface area contributed by atoms with E-state index in [0.717, 1.165) is 12.1 Å². The van der Waals surface area contributed by atoms with Gasteiger partial charge in [0.2, 0.25) is 0 Å². The number of H-pyrrole nitrogens is 1. The maximum atomic E-state index is 12.0. The van der Waals surface area contributed by atoms with Crippen LogP contribution in [0.25, 0.3) is 0 Å². The molecule has 0 saturated heterocycles. The van der Waals surface area contributed by atoms with Gasteiger partial charge in [0.1, 0.15) is 11.7 Å². The zero-order chi connectivity index (χ0) is 15.3. The number of amides is 1. The number of carboxylic acids is 1. The van der Waals surface area contributed by atoms with Crippen molar-refractivity contribution in [3.8, 4) is 0 Å². The molecule has 0 aliphatic carbocycles. The van der Waals surface area contributed by atoms with Crippen molar-refractivity contribution >= 4 is 11.9 Å². The lowest BCUT2D eigenvalue weighted by Crippen LogP contribution is -2.41. The van der Waals surface area contributed by atoms with Crippen LogP contribution in [0.4, 0.5) is 0 Å². The Morgan fingerprint density at radius 1 is 1.45 bits per heavy atom. The van der Waals surface area contributed by atoms with E-state index in [1.165, 1.54) is 0 Å². The third kappa shape index (κ3) is 5.03. The fraction of sp³-hybridized carbons (Fsp3) is 0.643. The molecule has 1 amide bonds. The van der Waals surface area contributed by atoms with Gasteiger partial charge in [0.15, 0.2) is 0 Å². The molecule has 1 aromatic heterocycles. The van der Waals surface area contributed by atoms with Crippen molar-refractivity contribution in [1.82, 2.24) is 15.5 Å². The van der Waals surface area contributed by atoms with E-state index in [9.17, 15) is 14.7 Å². The highest BCUT2D eigenvalue weighted by Crippen LogP contribution is 2.21. The van der Waals surface area contributed by atoms with Crippen LogP contribution in [0, 0.1) is 5.41 Å². The van der Waals surface area contributed by atoms with Gasteiger partial charge in [0.25, 0.3) is 5.91 Å². The molecule has 6 heteroatoms. The smallest absolute Gasteiger partial charge is 0.326 e. The first kappa shape index (κ1) is 16.2. The predicted molar refractivity (Wildman–Crippen MR) is 75.5 cm³/mol. The Bertz CT molecular complexity index is 474. The van der Waals surface area contributed by atoms with Gasteiger partial charge in [-0.3, -0.25) is 9.89 Å². The minimum atomic E-state index is -1.02. The van der Waals surface area contributed by atoms with Gasteiger partial charge in [-0.15, -0.1) is 0 Å². The van der Waals surface area contributed by atoms with Gasteiger partial charge in [-0.1, -0.05) is 27.7 Å². The summed E-state index contributed by atoms with van der Waals surface area (Å²) in [6.45, 7) is 8.05. The Morgan fingerprint density at radius 3 is 2.55 bits per heavy atom. The van der Waals surface area contributed by atoms with E-state index in [4.69, 9.17) is 0 Å². The molecule has 112 valence electrons. The molecule has 0 spiro atoms. The lowest BCUT2D eigenvalue weighted by Gasteiger charge is -2.21. The largest absolute Gasteiger partial charge is 0.480 e. The van der Waals surface area contributed by atoms with E-state index < -0.39 is 17.9 Å². The number of nitrogens with zero attached hydrogens (tertiary/aromatic N) is 1. The van der Waals surface area contributed by atoms with E-state index in [1.807, 2.05) is 27.7 Å². The lowest BCUT2D eigenvalue weighted by molar-refractivity contribution is -0.139. The summed E-state index contributed by atoms with van der Waals surface area (Å²) < 4.78 is 0. The van der Waals surface area contributed by atoms with Gasteiger partial charge in [0, 0.05) is 5.69 Å². The maximum absolute atomic E-state index is 12.0. The van der Waals surface area contributed by atoms with Crippen LogP contribution in [0.3, 0.4) is 0 Å². The van der Waals surface area contributed by atoms with E-state index in [-0.39, 0.29) is 11.1 Å². The summed E-state index contributed by atoms with van der Waals surface area (Å²) >= 11 is 0. The molecule has 1 aromatic rings. The number of rotatable bonds is 6. The predicted octanol–water partition coefficient (Wildman–Crippen LogP) is 1.98. The number of aryl methyl sites for hydroxylation is 1. The van der Waals surface area contributed by atoms with Gasteiger partial charge in [-0.2, -0.15) is 5.10 Å². The second-order valence-electron chi connectivity index (χ2n) is 6.10. The molecule has 0 aliphatic rings. The summed E-state index contributed by atoms with van der Waals surface area (Å²) in [7, 11) is 0. The van der Waals surface area contributed by atoms with Gasteiger partial charge in [-0.25, -0.2) is 4.79 Å². The number of hydrogen-bond donors (Lipinski definition) is 3. The second-order valence-corrected chi connectivity index (χ2v) is 6.10. The zero-order valence-corrected chi connectivity index (χ0v) is 12.5. The molecule has 20 heavy (non-hydrogen) atoms. The van der Waals surface area contributed by atoms with Crippen LogP contribution in [-0.2, 0) is 11.2 Å². The first-order valence-corrected chi connectivity index (χ1v) is 6.81. The van der Waals surface area contributed by atoms with Gasteiger partial charge in [-0.05, 0) is 30.7 Å². The van der Waals surface area contributed by atoms with Crippen LogP contribution in [0.15, 0.2) is 6.07 Å². The number of aliphatic carboxylic acids is 1. The first-order valence-electron chi connectivity index (χ1n) is 6.81. The molecule has 6 nitrogen and oxygen atoms in total. The monoisotopic (exact) mass is 281 g/mol. The maximum Gasteiger partial charge on any atom is 0.326 e. The van der Waals surface area contributed by atoms with Crippen molar-refractivity contribution in [2.75, 3.05) is 0 Å². The molecule has 1 unspecified atom stereocenters. The zero-order valence-electron chi connectivity index (χ0n) is 12.5. The van der Waals surface area contributed by atoms with E-state index >= 15 is 0 Å². The third-order valence-electron chi connectivity index (χ3n) is 3.03. The number of aromatic nitrogens is 2. The highest BCUT2D eigenvalue weighted by atomic mass is 16.4. The molecule has 3 N–H and O–H groups in total. The Kier molecular flexibility index (Phi) is 5.30. The molecule has 1 atom stereocenters. The normalized spacial score (nSPS) is 13.0. The minimum absolute atomic E-state index is 0.0279. The van der Waals surface area contributed by atoms with Crippen LogP contribution in [0.2, 0.25) is 0 Å². The van der Waals surface area contributed by atoms with Crippen LogP contribution in [0.5, 0.6) is 0 Å². The average molecular weight is 281 g/mol. The number of hydrogen-bond acceptors (Lipinski definition) is 3. The number of carboxylic acid groups (broad SMARTS) is 1. The Morgan fingerprint density at radius 2 is 2.10 bits per heavy atom. The highest BCUT2D eigenvalue weighted by Gasteiger charge is 2.24. The minimum Gasteiger partial charge on any atom is -0.480 e. The van der Waals surface area contributed by atoms with Crippen LogP contribution in [0.1, 0.15) is 56.7 Å². The van der Waals surface area contributed by atoms with Gasteiger partial charge in [0.05, 0.1) is 0 Å². The van der Waals surface area contributed by atoms with Crippen molar-refractivity contribution in [1.29, 1.82) is 0 Å². The summed E-state index contributed by atoms with van der Waals surface area (Å²) in [4.78, 5) is 23.2. The molecule has 0 aromatic carbocycles. The van der Waals surface area contributed by atoms with E-state index in [2.05, 4.69) is 15.5 Å². The van der Waals surface area contributed by atoms with Crippen molar-refractivity contribution in [3.63, 3.8) is 0 Å². The number of aromatic amines is 1. The van der Waals surface area contributed by atoms with Crippen LogP contribution >= 0.6 is 0 Å². The molecule has 1 heterocycles. The standard InChI is InChI=1S/C14H23N3O3/c1-5-9-8-11(17-16-9)12(18)15-10(13(19)20)6-7-14(2,3)4/h8,10H,5-7H2,1-4H3,(H,15,18)(H,16,17)(H,19,20). The Hall–Kier alpha value is -1.85. The molecular weight excluding hydrogens is 258 g/mol. The number of carbonyl (C=O) groups excluding carboxylic acids is 1. The van der Waals surface area contributed by atoms with Crippen LogP contribution < -0.4 is 5.32 Å². The summed E-state index contributed by atoms with van der Waals surface area (Å²) in [5, 5.41) is 18.3. The SMILES string of the molecule is CCc1cc(C(=O)NC(CCC(C)(C)C)C(=O)O)n[nH]1. The summed E-state index contributed by atoms with van der Waals surface area (Å²) in [5.74, 6) is -1.48. The molecule has 0 fully saturated rings. The van der Waals surface area contributed by atoms with Crippen molar-refractivity contribution in [2.24, 2.45) is 5.41 Å². The lowest BCUT2D eigenvalue weighted by atomic mass is 9.88. The fourth-order valence-electron chi connectivity index (χ4n) is 1.73. The van der Waals surface area contributed by atoms with Gasteiger partial charge >= 0.3 is 5.97 Å².